The third kappa shape index (κ3) is 3.83. The van der Waals surface area contributed by atoms with Gasteiger partial charge in [-0.15, -0.1) is 0 Å². The van der Waals surface area contributed by atoms with E-state index in [-0.39, 0.29) is 11.5 Å². The molecule has 0 saturated heterocycles. The lowest BCUT2D eigenvalue weighted by molar-refractivity contribution is 0.301. The molecule has 0 bridgehead atoms. The fourth-order valence-corrected chi connectivity index (χ4v) is 1.91. The van der Waals surface area contributed by atoms with Crippen molar-refractivity contribution < 1.29 is 0 Å². The van der Waals surface area contributed by atoms with Gasteiger partial charge in [0.15, 0.2) is 0 Å². The van der Waals surface area contributed by atoms with E-state index in [1.165, 1.54) is 11.1 Å². The van der Waals surface area contributed by atoms with Crippen LogP contribution in [0.25, 0.3) is 0 Å². The van der Waals surface area contributed by atoms with Gasteiger partial charge in [-0.2, -0.15) is 0 Å². The second kappa shape index (κ2) is 5.65. The topological polar surface area (TPSA) is 52.0 Å². The Hall–Kier alpha value is -0.860. The molecule has 1 atom stereocenters. The van der Waals surface area contributed by atoms with Gasteiger partial charge in [-0.25, -0.2) is 0 Å². The molecule has 0 amide bonds. The van der Waals surface area contributed by atoms with E-state index < -0.39 is 0 Å². The number of nitrogens with two attached hydrogens (primary N) is 2. The van der Waals surface area contributed by atoms with Crippen molar-refractivity contribution in [1.29, 1.82) is 0 Å². The van der Waals surface area contributed by atoms with Gasteiger partial charge in [-0.3, -0.25) is 0 Å². The Morgan fingerprint density at radius 2 is 1.65 bits per heavy atom. The van der Waals surface area contributed by atoms with Crippen LogP contribution in [0.1, 0.15) is 44.9 Å². The predicted molar refractivity (Wildman–Crippen MR) is 74.7 cm³/mol. The summed E-state index contributed by atoms with van der Waals surface area (Å²) in [6, 6.07) is 8.64. The molecule has 0 fully saturated rings. The summed E-state index contributed by atoms with van der Waals surface area (Å²) in [4.78, 5) is 0. The predicted octanol–water partition coefficient (Wildman–Crippen LogP) is 2.87. The fraction of sp³-hybridized carbons (Fsp3) is 0.600. The molecule has 1 unspecified atom stereocenters. The van der Waals surface area contributed by atoms with Gasteiger partial charge in [-0.05, 0) is 35.4 Å². The molecule has 2 heteroatoms. The molecule has 1 rings (SSSR count). The Morgan fingerprint density at radius 3 is 2.06 bits per heavy atom. The molecular weight excluding hydrogens is 208 g/mol. The van der Waals surface area contributed by atoms with E-state index in [0.29, 0.717) is 12.5 Å². The van der Waals surface area contributed by atoms with Crippen LogP contribution in [0, 0.1) is 11.3 Å². The summed E-state index contributed by atoms with van der Waals surface area (Å²) in [5, 5.41) is 0. The Labute approximate surface area is 105 Å². The van der Waals surface area contributed by atoms with Gasteiger partial charge in [0.05, 0.1) is 0 Å². The molecule has 4 N–H and O–H groups in total. The van der Waals surface area contributed by atoms with Crippen molar-refractivity contribution in [3.05, 3.63) is 35.4 Å². The third-order valence-electron chi connectivity index (χ3n) is 3.35. The molecule has 0 aliphatic carbocycles. The largest absolute Gasteiger partial charge is 0.330 e. The number of benzene rings is 1. The average molecular weight is 234 g/mol. The van der Waals surface area contributed by atoms with Gasteiger partial charge >= 0.3 is 0 Å². The van der Waals surface area contributed by atoms with Gasteiger partial charge in [-0.1, -0.05) is 52.0 Å². The SMILES string of the molecule is CC(C)Cc1ccc(C(N)C(C)(C)CN)cc1. The minimum atomic E-state index is -0.0560. The van der Waals surface area contributed by atoms with Crippen molar-refractivity contribution in [3.63, 3.8) is 0 Å². The van der Waals surface area contributed by atoms with Crippen molar-refractivity contribution >= 4 is 0 Å². The van der Waals surface area contributed by atoms with E-state index in [0.717, 1.165) is 6.42 Å². The van der Waals surface area contributed by atoms with Crippen molar-refractivity contribution in [2.45, 2.75) is 40.2 Å². The van der Waals surface area contributed by atoms with Crippen LogP contribution in [0.4, 0.5) is 0 Å². The smallest absolute Gasteiger partial charge is 0.0358 e. The summed E-state index contributed by atoms with van der Waals surface area (Å²) in [5.74, 6) is 0.690. The average Bonchev–Trinajstić information content (AvgIpc) is 2.28. The van der Waals surface area contributed by atoms with E-state index in [2.05, 4.69) is 52.0 Å². The van der Waals surface area contributed by atoms with Crippen molar-refractivity contribution in [2.24, 2.45) is 22.8 Å². The molecule has 0 aromatic heterocycles. The minimum absolute atomic E-state index is 0.000556. The van der Waals surface area contributed by atoms with E-state index >= 15 is 0 Å². The zero-order valence-electron chi connectivity index (χ0n) is 11.5. The molecule has 96 valence electrons. The Morgan fingerprint density at radius 1 is 1.12 bits per heavy atom. The first-order valence-corrected chi connectivity index (χ1v) is 6.41. The summed E-state index contributed by atoms with van der Waals surface area (Å²) in [6.45, 7) is 9.29. The van der Waals surface area contributed by atoms with Crippen molar-refractivity contribution in [2.75, 3.05) is 6.54 Å². The summed E-state index contributed by atoms with van der Waals surface area (Å²) in [6.07, 6.45) is 1.12. The monoisotopic (exact) mass is 234 g/mol. The van der Waals surface area contributed by atoms with E-state index in [9.17, 15) is 0 Å². The highest BCUT2D eigenvalue weighted by molar-refractivity contribution is 5.26. The van der Waals surface area contributed by atoms with Crippen LogP contribution >= 0.6 is 0 Å². The maximum atomic E-state index is 6.25. The second-order valence-corrected chi connectivity index (χ2v) is 6.01. The molecule has 1 aromatic rings. The van der Waals surface area contributed by atoms with E-state index in [4.69, 9.17) is 11.5 Å². The summed E-state index contributed by atoms with van der Waals surface area (Å²) in [5.41, 5.74) is 14.5. The van der Waals surface area contributed by atoms with Crippen LogP contribution in [0.2, 0.25) is 0 Å². The lowest BCUT2D eigenvalue weighted by atomic mass is 9.81. The molecule has 1 aromatic carbocycles. The standard InChI is InChI=1S/C15H26N2/c1-11(2)9-12-5-7-13(8-6-12)14(17)15(3,4)10-16/h5-8,11,14H,9-10,16-17H2,1-4H3. The van der Waals surface area contributed by atoms with Gasteiger partial charge in [0.2, 0.25) is 0 Å². The van der Waals surface area contributed by atoms with Gasteiger partial charge < -0.3 is 11.5 Å². The summed E-state index contributed by atoms with van der Waals surface area (Å²) < 4.78 is 0. The molecule has 2 nitrogen and oxygen atoms in total. The highest BCUT2D eigenvalue weighted by atomic mass is 14.7. The Bertz CT molecular complexity index is 338. The number of hydrogen-bond acceptors (Lipinski definition) is 2. The zero-order valence-corrected chi connectivity index (χ0v) is 11.5. The van der Waals surface area contributed by atoms with E-state index in [1.54, 1.807) is 0 Å². The molecular formula is C15H26N2. The third-order valence-corrected chi connectivity index (χ3v) is 3.35. The molecule has 17 heavy (non-hydrogen) atoms. The molecule has 0 radical (unpaired) electrons. The van der Waals surface area contributed by atoms with E-state index in [1.807, 2.05) is 0 Å². The van der Waals surface area contributed by atoms with Crippen LogP contribution in [0.3, 0.4) is 0 Å². The van der Waals surface area contributed by atoms with Crippen LogP contribution in [-0.4, -0.2) is 6.54 Å². The van der Waals surface area contributed by atoms with Gasteiger partial charge in [0.1, 0.15) is 0 Å². The maximum absolute atomic E-state index is 6.25. The first-order chi connectivity index (χ1) is 7.86. The molecule has 0 spiro atoms. The van der Waals surface area contributed by atoms with Crippen LogP contribution in [-0.2, 0) is 6.42 Å². The first-order valence-electron chi connectivity index (χ1n) is 6.41. The highest BCUT2D eigenvalue weighted by Crippen LogP contribution is 2.30. The molecule has 0 saturated carbocycles. The number of hydrogen-bond donors (Lipinski definition) is 2. The molecule has 0 aliphatic heterocycles. The zero-order chi connectivity index (χ0) is 13.1. The van der Waals surface area contributed by atoms with Crippen molar-refractivity contribution in [3.8, 4) is 0 Å². The lowest BCUT2D eigenvalue weighted by Crippen LogP contribution is -2.35. The van der Waals surface area contributed by atoms with Crippen LogP contribution in [0.5, 0.6) is 0 Å². The normalized spacial score (nSPS) is 14.1. The summed E-state index contributed by atoms with van der Waals surface area (Å²) >= 11 is 0. The summed E-state index contributed by atoms with van der Waals surface area (Å²) in [7, 11) is 0. The molecule has 0 aliphatic rings. The lowest BCUT2D eigenvalue weighted by Gasteiger charge is -2.30. The maximum Gasteiger partial charge on any atom is 0.0358 e. The molecule has 0 heterocycles. The first kappa shape index (κ1) is 14.2. The van der Waals surface area contributed by atoms with Crippen molar-refractivity contribution in [1.82, 2.24) is 0 Å². The second-order valence-electron chi connectivity index (χ2n) is 6.01. The highest BCUT2D eigenvalue weighted by Gasteiger charge is 2.25. The van der Waals surface area contributed by atoms with Crippen LogP contribution < -0.4 is 11.5 Å². The quantitative estimate of drug-likeness (QED) is 0.823. The number of rotatable bonds is 5. The minimum Gasteiger partial charge on any atom is -0.330 e. The van der Waals surface area contributed by atoms with Gasteiger partial charge in [0, 0.05) is 6.04 Å². The Balaban J connectivity index is 2.80. The fourth-order valence-electron chi connectivity index (χ4n) is 1.91. The van der Waals surface area contributed by atoms with Gasteiger partial charge in [0.25, 0.3) is 0 Å². The Kier molecular flexibility index (Phi) is 4.72. The van der Waals surface area contributed by atoms with Crippen LogP contribution in [0.15, 0.2) is 24.3 Å².